The fourth-order valence-electron chi connectivity index (χ4n) is 0.430. The molecular formula is C7H11ClO. The minimum absolute atomic E-state index is 0.419. The highest BCUT2D eigenvalue weighted by Crippen LogP contribution is 1.91. The first-order chi connectivity index (χ1) is 4.41. The molecule has 0 saturated heterocycles. The zero-order chi connectivity index (χ0) is 6.95. The average Bonchev–Trinajstić information content (AvgIpc) is 1.89. The smallest absolute Gasteiger partial charge is 0.107 e. The summed E-state index contributed by atoms with van der Waals surface area (Å²) < 4.78 is 4.99. The van der Waals surface area contributed by atoms with Crippen LogP contribution >= 0.6 is 11.6 Å². The van der Waals surface area contributed by atoms with Gasteiger partial charge >= 0.3 is 0 Å². The molecule has 0 N–H and O–H groups in total. The van der Waals surface area contributed by atoms with Gasteiger partial charge in [-0.15, -0.1) is 18.0 Å². The number of unbranched alkanes of at least 4 members (excludes halogenated alkanes) is 1. The van der Waals surface area contributed by atoms with Gasteiger partial charge < -0.3 is 4.74 Å². The molecule has 0 rings (SSSR count). The van der Waals surface area contributed by atoms with Crippen molar-refractivity contribution in [2.45, 2.75) is 12.8 Å². The molecule has 1 nitrogen and oxygen atoms in total. The van der Waals surface area contributed by atoms with Gasteiger partial charge in [0, 0.05) is 12.5 Å². The largest absolute Gasteiger partial charge is 0.369 e. The number of hydrogen-bond donors (Lipinski definition) is 0. The molecule has 0 aliphatic rings. The molecule has 0 atom stereocenters. The summed E-state index contributed by atoms with van der Waals surface area (Å²) >= 11 is 5.42. The summed E-state index contributed by atoms with van der Waals surface area (Å²) in [4.78, 5) is 0. The van der Waals surface area contributed by atoms with Crippen molar-refractivity contribution in [1.82, 2.24) is 0 Å². The number of terminal acetylenes is 1. The summed E-state index contributed by atoms with van der Waals surface area (Å²) in [5.74, 6) is 3.10. The number of hydrogen-bond acceptors (Lipinski definition) is 1. The molecule has 52 valence electrons. The molecule has 0 bridgehead atoms. The first kappa shape index (κ1) is 8.81. The summed E-state index contributed by atoms with van der Waals surface area (Å²) in [6.07, 6.45) is 6.95. The van der Waals surface area contributed by atoms with Crippen LogP contribution in [0, 0.1) is 12.3 Å². The lowest BCUT2D eigenvalue weighted by atomic mass is 10.4. The van der Waals surface area contributed by atoms with E-state index in [9.17, 15) is 0 Å². The molecular weight excluding hydrogens is 136 g/mol. The van der Waals surface area contributed by atoms with E-state index in [1.807, 2.05) is 0 Å². The normalized spacial score (nSPS) is 8.89. The minimum Gasteiger partial charge on any atom is -0.369 e. The van der Waals surface area contributed by atoms with E-state index in [1.165, 1.54) is 0 Å². The average molecular weight is 147 g/mol. The van der Waals surface area contributed by atoms with Crippen molar-refractivity contribution < 1.29 is 4.74 Å². The van der Waals surface area contributed by atoms with E-state index in [0.29, 0.717) is 12.5 Å². The minimum atomic E-state index is 0.419. The standard InChI is InChI=1S/C7H11ClO/c1-2-6-9-7-4-3-5-8/h1H,3-7H2. The Hall–Kier alpha value is -0.190. The van der Waals surface area contributed by atoms with Crippen molar-refractivity contribution in [1.29, 1.82) is 0 Å². The summed E-state index contributed by atoms with van der Waals surface area (Å²) in [6.45, 7) is 1.15. The topological polar surface area (TPSA) is 9.23 Å². The van der Waals surface area contributed by atoms with Crippen molar-refractivity contribution in [2.24, 2.45) is 0 Å². The van der Waals surface area contributed by atoms with E-state index in [1.54, 1.807) is 0 Å². The lowest BCUT2D eigenvalue weighted by Crippen LogP contribution is -1.94. The van der Waals surface area contributed by atoms with Crippen LogP contribution in [0.3, 0.4) is 0 Å². The number of alkyl halides is 1. The first-order valence-corrected chi connectivity index (χ1v) is 3.52. The highest BCUT2D eigenvalue weighted by molar-refractivity contribution is 6.17. The van der Waals surface area contributed by atoms with E-state index in [2.05, 4.69) is 5.92 Å². The van der Waals surface area contributed by atoms with Gasteiger partial charge in [0.25, 0.3) is 0 Å². The molecule has 0 aromatic heterocycles. The van der Waals surface area contributed by atoms with Gasteiger partial charge in [0.05, 0.1) is 0 Å². The third-order valence-electron chi connectivity index (χ3n) is 0.858. The van der Waals surface area contributed by atoms with Crippen LogP contribution in [0.4, 0.5) is 0 Å². The Morgan fingerprint density at radius 1 is 1.44 bits per heavy atom. The highest BCUT2D eigenvalue weighted by atomic mass is 35.5. The summed E-state index contributed by atoms with van der Waals surface area (Å²) in [6, 6.07) is 0. The predicted molar refractivity (Wildman–Crippen MR) is 39.6 cm³/mol. The summed E-state index contributed by atoms with van der Waals surface area (Å²) in [7, 11) is 0. The van der Waals surface area contributed by atoms with Gasteiger partial charge in [0.2, 0.25) is 0 Å². The maximum atomic E-state index is 5.42. The molecule has 0 unspecified atom stereocenters. The molecule has 0 aromatic carbocycles. The van der Waals surface area contributed by atoms with Gasteiger partial charge in [-0.1, -0.05) is 5.92 Å². The molecule has 0 radical (unpaired) electrons. The molecule has 0 heterocycles. The van der Waals surface area contributed by atoms with Crippen molar-refractivity contribution in [3.8, 4) is 12.3 Å². The Labute approximate surface area is 61.3 Å². The third-order valence-corrected chi connectivity index (χ3v) is 1.12. The van der Waals surface area contributed by atoms with Crippen molar-refractivity contribution >= 4 is 11.6 Å². The SMILES string of the molecule is C#CCOCCCCCl. The highest BCUT2D eigenvalue weighted by Gasteiger charge is 1.84. The molecule has 0 fully saturated rings. The second-order valence-corrected chi connectivity index (χ2v) is 2.03. The molecule has 0 saturated carbocycles. The van der Waals surface area contributed by atoms with Gasteiger partial charge in [-0.25, -0.2) is 0 Å². The zero-order valence-electron chi connectivity index (χ0n) is 5.40. The van der Waals surface area contributed by atoms with Crippen LogP contribution in [0.5, 0.6) is 0 Å². The fourth-order valence-corrected chi connectivity index (χ4v) is 0.619. The number of halogens is 1. The summed E-state index contributed by atoms with van der Waals surface area (Å²) in [5.41, 5.74) is 0. The van der Waals surface area contributed by atoms with Crippen molar-refractivity contribution in [3.63, 3.8) is 0 Å². The van der Waals surface area contributed by atoms with E-state index >= 15 is 0 Å². The summed E-state index contributed by atoms with van der Waals surface area (Å²) in [5, 5.41) is 0. The van der Waals surface area contributed by atoms with E-state index < -0.39 is 0 Å². The lowest BCUT2D eigenvalue weighted by Gasteiger charge is -1.95. The fraction of sp³-hybridized carbons (Fsp3) is 0.714. The van der Waals surface area contributed by atoms with Crippen LogP contribution in [0.2, 0.25) is 0 Å². The van der Waals surface area contributed by atoms with Gasteiger partial charge in [0.15, 0.2) is 0 Å². The van der Waals surface area contributed by atoms with Crippen molar-refractivity contribution in [2.75, 3.05) is 19.1 Å². The Morgan fingerprint density at radius 2 is 2.22 bits per heavy atom. The third kappa shape index (κ3) is 7.81. The van der Waals surface area contributed by atoms with Gasteiger partial charge in [0.1, 0.15) is 6.61 Å². The van der Waals surface area contributed by atoms with Crippen LogP contribution < -0.4 is 0 Å². The Balaban J connectivity index is 2.69. The Bertz CT molecular complexity index is 85.4. The Morgan fingerprint density at radius 3 is 2.78 bits per heavy atom. The van der Waals surface area contributed by atoms with E-state index in [0.717, 1.165) is 19.4 Å². The quantitative estimate of drug-likeness (QED) is 0.326. The van der Waals surface area contributed by atoms with Gasteiger partial charge in [-0.2, -0.15) is 0 Å². The molecule has 0 spiro atoms. The molecule has 9 heavy (non-hydrogen) atoms. The van der Waals surface area contributed by atoms with Crippen LogP contribution in [0.25, 0.3) is 0 Å². The van der Waals surface area contributed by atoms with Crippen molar-refractivity contribution in [3.05, 3.63) is 0 Å². The maximum Gasteiger partial charge on any atom is 0.107 e. The second kappa shape index (κ2) is 7.81. The molecule has 0 amide bonds. The molecule has 0 aliphatic heterocycles. The predicted octanol–water partition coefficient (Wildman–Crippen LogP) is 1.66. The van der Waals surface area contributed by atoms with Crippen LogP contribution in [0.1, 0.15) is 12.8 Å². The van der Waals surface area contributed by atoms with Crippen LogP contribution in [0.15, 0.2) is 0 Å². The van der Waals surface area contributed by atoms with Crippen LogP contribution in [-0.4, -0.2) is 19.1 Å². The Kier molecular flexibility index (Phi) is 7.65. The molecule has 2 heteroatoms. The molecule has 0 aliphatic carbocycles. The molecule has 0 aromatic rings. The number of ether oxygens (including phenoxy) is 1. The maximum absolute atomic E-state index is 5.42. The van der Waals surface area contributed by atoms with Crippen LogP contribution in [-0.2, 0) is 4.74 Å². The lowest BCUT2D eigenvalue weighted by molar-refractivity contribution is 0.164. The van der Waals surface area contributed by atoms with E-state index in [-0.39, 0.29) is 0 Å². The monoisotopic (exact) mass is 146 g/mol. The zero-order valence-corrected chi connectivity index (χ0v) is 6.16. The first-order valence-electron chi connectivity index (χ1n) is 2.99. The second-order valence-electron chi connectivity index (χ2n) is 1.65. The van der Waals surface area contributed by atoms with Gasteiger partial charge in [-0.3, -0.25) is 0 Å². The number of rotatable bonds is 5. The van der Waals surface area contributed by atoms with Gasteiger partial charge in [-0.05, 0) is 12.8 Å². The van der Waals surface area contributed by atoms with E-state index in [4.69, 9.17) is 22.8 Å².